The van der Waals surface area contributed by atoms with Gasteiger partial charge in [0.1, 0.15) is 11.5 Å². The van der Waals surface area contributed by atoms with E-state index < -0.39 is 22.3 Å². The molecule has 138 valence electrons. The number of carbonyl (C=O) groups excluding carboxylic acids is 1. The number of aromatic hydroxyl groups is 1. The van der Waals surface area contributed by atoms with Gasteiger partial charge in [0.05, 0.1) is 28.3 Å². The molecule has 0 fully saturated rings. The first-order valence-electron chi connectivity index (χ1n) is 7.90. The molecule has 1 amide bonds. The van der Waals surface area contributed by atoms with E-state index in [1.54, 1.807) is 36.4 Å². The Morgan fingerprint density at radius 2 is 2.00 bits per heavy atom. The van der Waals surface area contributed by atoms with Crippen LogP contribution in [0.3, 0.4) is 0 Å². The number of amides is 1. The van der Waals surface area contributed by atoms with Gasteiger partial charge in [0.2, 0.25) is 5.75 Å². The molecular weight excluding hydrogens is 364 g/mol. The molecule has 0 unspecified atom stereocenters. The van der Waals surface area contributed by atoms with Crippen LogP contribution in [-0.2, 0) is 0 Å². The Balaban J connectivity index is 1.73. The molecule has 2 aromatic carbocycles. The molecule has 0 atom stereocenters. The molecule has 0 spiro atoms. The van der Waals surface area contributed by atoms with E-state index in [0.717, 1.165) is 6.07 Å². The lowest BCUT2D eigenvalue weighted by Gasteiger charge is -2.03. The molecule has 0 saturated carbocycles. The Labute approximate surface area is 158 Å². The second-order valence-electron chi connectivity index (χ2n) is 5.49. The summed E-state index contributed by atoms with van der Waals surface area (Å²) < 4.78 is 5.58. The monoisotopic (exact) mass is 376 g/mol. The summed E-state index contributed by atoms with van der Waals surface area (Å²) in [5.74, 6) is -0.791. The van der Waals surface area contributed by atoms with Crippen molar-refractivity contribution in [3.63, 3.8) is 0 Å². The van der Waals surface area contributed by atoms with Gasteiger partial charge in [-0.15, -0.1) is 0 Å². The lowest BCUT2D eigenvalue weighted by molar-refractivity contribution is -0.385. The van der Waals surface area contributed by atoms with E-state index in [2.05, 4.69) is 16.6 Å². The van der Waals surface area contributed by atoms with Gasteiger partial charge in [-0.3, -0.25) is 14.9 Å². The highest BCUT2D eigenvalue weighted by Crippen LogP contribution is 2.29. The third-order valence-corrected chi connectivity index (χ3v) is 3.75. The van der Waals surface area contributed by atoms with Crippen molar-refractivity contribution >= 4 is 17.8 Å². The van der Waals surface area contributed by atoms with Crippen molar-refractivity contribution in [1.82, 2.24) is 5.43 Å². The number of hydrogen-bond acceptors (Lipinski definition) is 7. The van der Waals surface area contributed by atoms with E-state index in [-0.39, 0.29) is 5.56 Å². The van der Waals surface area contributed by atoms with E-state index in [4.69, 9.17) is 9.68 Å². The molecule has 0 bridgehead atoms. The van der Waals surface area contributed by atoms with Crippen molar-refractivity contribution < 1.29 is 19.2 Å². The number of phenols is 1. The van der Waals surface area contributed by atoms with Gasteiger partial charge >= 0.3 is 5.69 Å². The summed E-state index contributed by atoms with van der Waals surface area (Å²) in [7, 11) is 0. The van der Waals surface area contributed by atoms with Crippen LogP contribution in [0.2, 0.25) is 0 Å². The topological polar surface area (TPSA) is 142 Å². The predicted molar refractivity (Wildman–Crippen MR) is 98.7 cm³/mol. The fourth-order valence-corrected chi connectivity index (χ4v) is 2.44. The minimum Gasteiger partial charge on any atom is -0.502 e. The van der Waals surface area contributed by atoms with Gasteiger partial charge in [0.15, 0.2) is 0 Å². The number of hydrazone groups is 1. The molecule has 9 nitrogen and oxygen atoms in total. The Hall–Kier alpha value is -4.45. The number of rotatable bonds is 5. The molecule has 0 aliphatic carbocycles. The summed E-state index contributed by atoms with van der Waals surface area (Å²) in [6, 6.07) is 15.9. The van der Waals surface area contributed by atoms with E-state index in [1.807, 2.05) is 0 Å². The maximum absolute atomic E-state index is 12.1. The van der Waals surface area contributed by atoms with Crippen LogP contribution in [0.25, 0.3) is 11.3 Å². The largest absolute Gasteiger partial charge is 0.502 e. The third kappa shape index (κ3) is 3.71. The molecule has 28 heavy (non-hydrogen) atoms. The van der Waals surface area contributed by atoms with Crippen LogP contribution in [0.4, 0.5) is 5.69 Å². The summed E-state index contributed by atoms with van der Waals surface area (Å²) >= 11 is 0. The molecule has 3 aromatic rings. The van der Waals surface area contributed by atoms with Crippen LogP contribution in [0.1, 0.15) is 21.7 Å². The van der Waals surface area contributed by atoms with Gasteiger partial charge in [0, 0.05) is 11.6 Å². The molecule has 3 rings (SSSR count). The van der Waals surface area contributed by atoms with Gasteiger partial charge in [-0.1, -0.05) is 18.2 Å². The maximum atomic E-state index is 12.1. The highest BCUT2D eigenvalue weighted by Gasteiger charge is 2.20. The zero-order valence-electron chi connectivity index (χ0n) is 14.2. The summed E-state index contributed by atoms with van der Waals surface area (Å²) in [4.78, 5) is 22.1. The Bertz CT molecular complexity index is 1130. The van der Waals surface area contributed by atoms with Crippen LogP contribution in [-0.4, -0.2) is 22.2 Å². The maximum Gasteiger partial charge on any atom is 0.311 e. The third-order valence-electron chi connectivity index (χ3n) is 3.75. The number of para-hydroxylation sites is 1. The molecule has 2 N–H and O–H groups in total. The van der Waals surface area contributed by atoms with Gasteiger partial charge in [0.25, 0.3) is 5.91 Å². The molecule has 0 radical (unpaired) electrons. The zero-order chi connectivity index (χ0) is 20.1. The van der Waals surface area contributed by atoms with Crippen molar-refractivity contribution in [3.05, 3.63) is 81.6 Å². The number of carbonyl (C=O) groups is 1. The van der Waals surface area contributed by atoms with Crippen LogP contribution < -0.4 is 5.43 Å². The number of phenolic OH excluding ortho intramolecular Hbond substituents is 1. The molecule has 9 heteroatoms. The molecule has 0 saturated heterocycles. The first-order chi connectivity index (χ1) is 13.5. The van der Waals surface area contributed by atoms with Crippen molar-refractivity contribution in [1.29, 1.82) is 5.26 Å². The number of nitrogens with one attached hydrogen (secondary N) is 1. The minimum absolute atomic E-state index is 0.283. The fraction of sp³-hybridized carbons (Fsp3) is 0. The number of nitro benzene ring substituents is 1. The summed E-state index contributed by atoms with van der Waals surface area (Å²) in [5.41, 5.74) is 2.37. The fourth-order valence-electron chi connectivity index (χ4n) is 2.44. The number of benzene rings is 2. The summed E-state index contributed by atoms with van der Waals surface area (Å²) in [5, 5.41) is 33.5. The smallest absolute Gasteiger partial charge is 0.311 e. The van der Waals surface area contributed by atoms with Gasteiger partial charge in [-0.25, -0.2) is 5.43 Å². The van der Waals surface area contributed by atoms with Crippen LogP contribution in [0, 0.1) is 21.4 Å². The highest BCUT2D eigenvalue weighted by molar-refractivity contribution is 5.98. The number of furan rings is 1. The van der Waals surface area contributed by atoms with Gasteiger partial charge < -0.3 is 9.52 Å². The van der Waals surface area contributed by atoms with Crippen LogP contribution >= 0.6 is 0 Å². The van der Waals surface area contributed by atoms with E-state index >= 15 is 0 Å². The Morgan fingerprint density at radius 3 is 2.75 bits per heavy atom. The van der Waals surface area contributed by atoms with Crippen molar-refractivity contribution in [3.8, 4) is 23.1 Å². The lowest BCUT2D eigenvalue weighted by atomic mass is 10.1. The predicted octanol–water partition coefficient (Wildman–Crippen LogP) is 3.20. The second-order valence-corrected chi connectivity index (χ2v) is 5.49. The number of hydrogen-bond donors (Lipinski definition) is 2. The van der Waals surface area contributed by atoms with Crippen molar-refractivity contribution in [2.75, 3.05) is 0 Å². The normalized spacial score (nSPS) is 10.5. The van der Waals surface area contributed by atoms with Crippen molar-refractivity contribution in [2.24, 2.45) is 5.10 Å². The van der Waals surface area contributed by atoms with Crippen molar-refractivity contribution in [2.45, 2.75) is 0 Å². The van der Waals surface area contributed by atoms with Gasteiger partial charge in [-0.05, 0) is 30.3 Å². The number of nitro groups is 1. The summed E-state index contributed by atoms with van der Waals surface area (Å²) in [6.07, 6.45) is 1.23. The average molecular weight is 376 g/mol. The van der Waals surface area contributed by atoms with E-state index in [1.165, 1.54) is 18.3 Å². The second kappa shape index (κ2) is 7.84. The van der Waals surface area contributed by atoms with Gasteiger partial charge in [-0.2, -0.15) is 10.4 Å². The quantitative estimate of drug-likeness (QED) is 0.398. The molecular formula is C19H12N4O5. The Morgan fingerprint density at radius 1 is 1.21 bits per heavy atom. The standard InChI is InChI=1S/C19H12N4O5/c20-10-12-4-1-2-5-14(12)17-9-8-13(28-17)11-21-22-19(25)15-6-3-7-16(18(15)24)23(26)27/h1-9,11,24H,(H,22,25)/b21-11-. The zero-order valence-corrected chi connectivity index (χ0v) is 14.2. The molecule has 1 aromatic heterocycles. The lowest BCUT2D eigenvalue weighted by Crippen LogP contribution is -2.17. The van der Waals surface area contributed by atoms with E-state index in [0.29, 0.717) is 22.6 Å². The Kier molecular flexibility index (Phi) is 5.14. The number of nitrogens with zero attached hydrogens (tertiary/aromatic N) is 3. The highest BCUT2D eigenvalue weighted by atomic mass is 16.6. The minimum atomic E-state index is -0.820. The number of nitriles is 1. The van der Waals surface area contributed by atoms with E-state index in [9.17, 15) is 20.0 Å². The average Bonchev–Trinajstić information content (AvgIpc) is 3.16. The van der Waals surface area contributed by atoms with Crippen LogP contribution in [0.5, 0.6) is 5.75 Å². The summed E-state index contributed by atoms with van der Waals surface area (Å²) in [6.45, 7) is 0. The molecule has 0 aliphatic heterocycles. The molecule has 0 aliphatic rings. The molecule has 1 heterocycles. The first-order valence-corrected chi connectivity index (χ1v) is 7.90. The SMILES string of the molecule is N#Cc1ccccc1-c1ccc(/C=N\NC(=O)c2cccc([N+](=O)[O-])c2O)o1. The first kappa shape index (κ1) is 18.3. The van der Waals surface area contributed by atoms with Crippen LogP contribution in [0.15, 0.2) is 64.1 Å².